The van der Waals surface area contributed by atoms with E-state index in [1.807, 2.05) is 0 Å². The second kappa shape index (κ2) is 8.74. The monoisotopic (exact) mass is 380 g/mol. The first-order valence-electron chi connectivity index (χ1n) is 7.58. The third-order valence-electron chi connectivity index (χ3n) is 3.60. The molecule has 0 fully saturated rings. The number of hydrogen-bond acceptors (Lipinski definition) is 3. The number of rotatable bonds is 6. The number of methoxy groups -OCH3 is 1. The SMILES string of the molecule is CNC(=O)c1ccc(OC)c(NC(=O)CCc2ccc(Cl)cc2Cl)c1. The Bertz CT molecular complexity index is 794. The summed E-state index contributed by atoms with van der Waals surface area (Å²) < 4.78 is 5.23. The predicted molar refractivity (Wildman–Crippen MR) is 99.8 cm³/mol. The maximum Gasteiger partial charge on any atom is 0.251 e. The summed E-state index contributed by atoms with van der Waals surface area (Å²) in [5, 5.41) is 6.38. The zero-order valence-electron chi connectivity index (χ0n) is 13.9. The number of nitrogens with one attached hydrogen (secondary N) is 2. The summed E-state index contributed by atoms with van der Waals surface area (Å²) >= 11 is 12.0. The molecule has 0 atom stereocenters. The highest BCUT2D eigenvalue weighted by Crippen LogP contribution is 2.26. The molecule has 2 amide bonds. The zero-order chi connectivity index (χ0) is 18.4. The molecule has 0 bridgehead atoms. The summed E-state index contributed by atoms with van der Waals surface area (Å²) in [7, 11) is 3.04. The zero-order valence-corrected chi connectivity index (χ0v) is 15.4. The summed E-state index contributed by atoms with van der Waals surface area (Å²) in [5.41, 5.74) is 1.71. The number of hydrogen-bond donors (Lipinski definition) is 2. The van der Waals surface area contributed by atoms with Crippen LogP contribution in [-0.2, 0) is 11.2 Å². The average molecular weight is 381 g/mol. The van der Waals surface area contributed by atoms with Gasteiger partial charge in [0.15, 0.2) is 0 Å². The number of halogens is 2. The number of carbonyl (C=O) groups is 2. The highest BCUT2D eigenvalue weighted by atomic mass is 35.5. The van der Waals surface area contributed by atoms with Gasteiger partial charge < -0.3 is 15.4 Å². The van der Waals surface area contributed by atoms with Crippen LogP contribution in [0.5, 0.6) is 5.75 Å². The number of benzene rings is 2. The van der Waals surface area contributed by atoms with Gasteiger partial charge in [0.2, 0.25) is 5.91 Å². The molecule has 0 unspecified atom stereocenters. The molecule has 0 aromatic heterocycles. The average Bonchev–Trinajstić information content (AvgIpc) is 2.60. The molecule has 132 valence electrons. The molecule has 0 saturated carbocycles. The molecule has 0 aliphatic carbocycles. The summed E-state index contributed by atoms with van der Waals surface area (Å²) in [5.74, 6) is 0.0231. The van der Waals surface area contributed by atoms with Gasteiger partial charge in [-0.05, 0) is 42.3 Å². The van der Waals surface area contributed by atoms with Crippen LogP contribution in [0.3, 0.4) is 0 Å². The predicted octanol–water partition coefficient (Wildman–Crippen LogP) is 3.93. The molecular formula is C18H18Cl2N2O3. The van der Waals surface area contributed by atoms with Gasteiger partial charge in [0.1, 0.15) is 5.75 Å². The Morgan fingerprint density at radius 1 is 1.12 bits per heavy atom. The van der Waals surface area contributed by atoms with E-state index in [4.69, 9.17) is 27.9 Å². The molecule has 2 rings (SSSR count). The molecule has 2 aromatic rings. The van der Waals surface area contributed by atoms with Crippen LogP contribution < -0.4 is 15.4 Å². The highest BCUT2D eigenvalue weighted by Gasteiger charge is 2.12. The second-order valence-electron chi connectivity index (χ2n) is 5.28. The van der Waals surface area contributed by atoms with Gasteiger partial charge in [0.05, 0.1) is 12.8 Å². The fraction of sp³-hybridized carbons (Fsp3) is 0.222. The summed E-state index contributed by atoms with van der Waals surface area (Å²) in [4.78, 5) is 24.0. The van der Waals surface area contributed by atoms with Crippen molar-refractivity contribution in [3.8, 4) is 5.75 Å². The Labute approximate surface area is 156 Å². The van der Waals surface area contributed by atoms with Crippen LogP contribution in [0.4, 0.5) is 5.69 Å². The van der Waals surface area contributed by atoms with Crippen molar-refractivity contribution in [2.45, 2.75) is 12.8 Å². The van der Waals surface area contributed by atoms with Crippen LogP contribution in [0.1, 0.15) is 22.3 Å². The standard InChI is InChI=1S/C18H18Cl2N2O3/c1-21-18(24)12-4-7-16(25-2)15(9-12)22-17(23)8-5-11-3-6-13(19)10-14(11)20/h3-4,6-7,9-10H,5,8H2,1-2H3,(H,21,24)(H,22,23). The Morgan fingerprint density at radius 2 is 1.88 bits per heavy atom. The van der Waals surface area contributed by atoms with E-state index in [0.717, 1.165) is 5.56 Å². The molecule has 7 heteroatoms. The van der Waals surface area contributed by atoms with E-state index < -0.39 is 0 Å². The van der Waals surface area contributed by atoms with Crippen LogP contribution in [-0.4, -0.2) is 26.0 Å². The summed E-state index contributed by atoms with van der Waals surface area (Å²) in [6.45, 7) is 0. The van der Waals surface area contributed by atoms with E-state index in [2.05, 4.69) is 10.6 Å². The number of carbonyl (C=O) groups excluding carboxylic acids is 2. The van der Waals surface area contributed by atoms with E-state index in [-0.39, 0.29) is 18.2 Å². The van der Waals surface area contributed by atoms with Crippen LogP contribution in [0, 0.1) is 0 Å². The summed E-state index contributed by atoms with van der Waals surface area (Å²) in [6.07, 6.45) is 0.702. The van der Waals surface area contributed by atoms with Crippen molar-refractivity contribution in [3.05, 3.63) is 57.6 Å². The third kappa shape index (κ3) is 5.11. The smallest absolute Gasteiger partial charge is 0.251 e. The van der Waals surface area contributed by atoms with E-state index in [1.54, 1.807) is 43.4 Å². The Balaban J connectivity index is 2.07. The van der Waals surface area contributed by atoms with Gasteiger partial charge in [-0.1, -0.05) is 29.3 Å². The van der Waals surface area contributed by atoms with E-state index in [0.29, 0.717) is 33.5 Å². The topological polar surface area (TPSA) is 67.4 Å². The molecule has 5 nitrogen and oxygen atoms in total. The quantitative estimate of drug-likeness (QED) is 0.797. The fourth-order valence-electron chi connectivity index (χ4n) is 2.28. The van der Waals surface area contributed by atoms with Gasteiger partial charge in [0.25, 0.3) is 5.91 Å². The van der Waals surface area contributed by atoms with Gasteiger partial charge in [-0.3, -0.25) is 9.59 Å². The molecule has 0 aliphatic rings. The van der Waals surface area contributed by atoms with Crippen molar-refractivity contribution >= 4 is 40.7 Å². The maximum absolute atomic E-state index is 12.2. The fourth-order valence-corrected chi connectivity index (χ4v) is 2.78. The van der Waals surface area contributed by atoms with Gasteiger partial charge in [-0.25, -0.2) is 0 Å². The minimum absolute atomic E-state index is 0.210. The van der Waals surface area contributed by atoms with Crippen LogP contribution >= 0.6 is 23.2 Å². The van der Waals surface area contributed by atoms with Gasteiger partial charge in [0, 0.05) is 29.1 Å². The lowest BCUT2D eigenvalue weighted by Crippen LogP contribution is -2.19. The molecule has 0 saturated heterocycles. The lowest BCUT2D eigenvalue weighted by atomic mass is 10.1. The van der Waals surface area contributed by atoms with Crippen LogP contribution in [0.2, 0.25) is 10.0 Å². The second-order valence-corrected chi connectivity index (χ2v) is 6.12. The minimum atomic E-state index is -0.244. The first-order chi connectivity index (χ1) is 11.9. The number of amides is 2. The first kappa shape index (κ1) is 19.1. The highest BCUT2D eigenvalue weighted by molar-refractivity contribution is 6.35. The van der Waals surface area contributed by atoms with Gasteiger partial charge in [-0.15, -0.1) is 0 Å². The Hall–Kier alpha value is -2.24. The van der Waals surface area contributed by atoms with Crippen LogP contribution in [0.15, 0.2) is 36.4 Å². The molecule has 2 aromatic carbocycles. The van der Waals surface area contributed by atoms with Crippen molar-refractivity contribution in [1.82, 2.24) is 5.32 Å². The van der Waals surface area contributed by atoms with E-state index in [1.165, 1.54) is 7.11 Å². The molecule has 0 aliphatic heterocycles. The molecule has 25 heavy (non-hydrogen) atoms. The van der Waals surface area contributed by atoms with Crippen molar-refractivity contribution < 1.29 is 14.3 Å². The lowest BCUT2D eigenvalue weighted by Gasteiger charge is -2.12. The number of anilines is 1. The van der Waals surface area contributed by atoms with E-state index in [9.17, 15) is 9.59 Å². The van der Waals surface area contributed by atoms with Crippen LogP contribution in [0.25, 0.3) is 0 Å². The van der Waals surface area contributed by atoms with Crippen molar-refractivity contribution in [2.75, 3.05) is 19.5 Å². The Morgan fingerprint density at radius 3 is 2.52 bits per heavy atom. The minimum Gasteiger partial charge on any atom is -0.495 e. The van der Waals surface area contributed by atoms with Gasteiger partial charge in [-0.2, -0.15) is 0 Å². The normalized spacial score (nSPS) is 10.2. The van der Waals surface area contributed by atoms with Crippen molar-refractivity contribution in [1.29, 1.82) is 0 Å². The Kier molecular flexibility index (Phi) is 6.67. The molecule has 0 heterocycles. The van der Waals surface area contributed by atoms with Crippen molar-refractivity contribution in [2.24, 2.45) is 0 Å². The first-order valence-corrected chi connectivity index (χ1v) is 8.34. The summed E-state index contributed by atoms with van der Waals surface area (Å²) in [6, 6.07) is 10.0. The molecule has 0 radical (unpaired) electrons. The van der Waals surface area contributed by atoms with Crippen molar-refractivity contribution in [3.63, 3.8) is 0 Å². The number of aryl methyl sites for hydroxylation is 1. The molecule has 2 N–H and O–H groups in total. The largest absolute Gasteiger partial charge is 0.495 e. The molecular weight excluding hydrogens is 363 g/mol. The van der Waals surface area contributed by atoms with Gasteiger partial charge >= 0.3 is 0 Å². The number of ether oxygens (including phenoxy) is 1. The molecule has 0 spiro atoms. The third-order valence-corrected chi connectivity index (χ3v) is 4.19. The van der Waals surface area contributed by atoms with E-state index >= 15 is 0 Å². The lowest BCUT2D eigenvalue weighted by molar-refractivity contribution is -0.116. The maximum atomic E-state index is 12.2.